The van der Waals surface area contributed by atoms with Crippen LogP contribution < -0.4 is 10.4 Å². The van der Waals surface area contributed by atoms with Gasteiger partial charge in [-0.3, -0.25) is 4.79 Å². The van der Waals surface area contributed by atoms with Crippen LogP contribution in [0.2, 0.25) is 5.04 Å². The number of carbonyl (C=O) groups excluding carboxylic acids is 1. The maximum Gasteiger partial charge on any atom is 0.261 e. The summed E-state index contributed by atoms with van der Waals surface area (Å²) in [4.78, 5) is 15.0. The van der Waals surface area contributed by atoms with E-state index in [4.69, 9.17) is 4.43 Å². The molecular formula is C32H39NO2Si. The fraction of sp³-hybridized carbons (Fsp3) is 0.344. The van der Waals surface area contributed by atoms with Gasteiger partial charge >= 0.3 is 0 Å². The van der Waals surface area contributed by atoms with Crippen LogP contribution in [0.15, 0.2) is 104 Å². The second-order valence-electron chi connectivity index (χ2n) is 10.9. The Morgan fingerprint density at radius 2 is 1.47 bits per heavy atom. The first-order chi connectivity index (χ1) is 17.4. The smallest absolute Gasteiger partial charge is 0.261 e. The molecule has 0 aromatic heterocycles. The second kappa shape index (κ2) is 11.4. The minimum absolute atomic E-state index is 0.0288. The average Bonchev–Trinajstić information content (AvgIpc) is 2.91. The van der Waals surface area contributed by atoms with E-state index in [-0.39, 0.29) is 16.9 Å². The van der Waals surface area contributed by atoms with Crippen molar-refractivity contribution in [2.45, 2.75) is 38.7 Å². The molecule has 36 heavy (non-hydrogen) atoms. The van der Waals surface area contributed by atoms with Crippen LogP contribution in [0.4, 0.5) is 0 Å². The predicted octanol–water partition coefficient (Wildman–Crippen LogP) is 5.92. The number of hydrogen-bond donors (Lipinski definition) is 0. The molecule has 1 heterocycles. The molecule has 0 radical (unpaired) electrons. The highest BCUT2D eigenvalue weighted by atomic mass is 28.4. The number of likely N-dealkylation sites (tertiary alicyclic amines) is 1. The van der Waals surface area contributed by atoms with E-state index in [0.717, 1.165) is 31.5 Å². The molecule has 2 atom stereocenters. The summed E-state index contributed by atoms with van der Waals surface area (Å²) >= 11 is 0. The third-order valence-electron chi connectivity index (χ3n) is 7.64. The highest BCUT2D eigenvalue weighted by Crippen LogP contribution is 2.37. The van der Waals surface area contributed by atoms with Gasteiger partial charge in [0, 0.05) is 25.3 Å². The summed E-state index contributed by atoms with van der Waals surface area (Å²) in [5.41, 5.74) is 0.758. The van der Waals surface area contributed by atoms with Gasteiger partial charge in [0.15, 0.2) is 0 Å². The lowest BCUT2D eigenvalue weighted by Crippen LogP contribution is -2.66. The van der Waals surface area contributed by atoms with Gasteiger partial charge in [0.25, 0.3) is 14.2 Å². The van der Waals surface area contributed by atoms with Gasteiger partial charge in [-0.2, -0.15) is 0 Å². The van der Waals surface area contributed by atoms with E-state index in [2.05, 4.69) is 88.0 Å². The molecule has 1 saturated heterocycles. The largest absolute Gasteiger partial charge is 0.407 e. The van der Waals surface area contributed by atoms with Gasteiger partial charge in [0.05, 0.1) is 0 Å². The number of rotatable bonds is 8. The van der Waals surface area contributed by atoms with Crippen LogP contribution in [0.5, 0.6) is 0 Å². The molecule has 0 saturated carbocycles. The summed E-state index contributed by atoms with van der Waals surface area (Å²) in [6.45, 7) is 13.3. The lowest BCUT2D eigenvalue weighted by Gasteiger charge is -2.44. The lowest BCUT2D eigenvalue weighted by molar-refractivity contribution is 0.0618. The normalized spacial score (nSPS) is 18.6. The maximum absolute atomic E-state index is 13.0. The van der Waals surface area contributed by atoms with Gasteiger partial charge < -0.3 is 9.33 Å². The molecule has 1 aliphatic heterocycles. The maximum atomic E-state index is 13.0. The van der Waals surface area contributed by atoms with Gasteiger partial charge in [-0.05, 0) is 52.2 Å². The number of piperidine rings is 1. The van der Waals surface area contributed by atoms with Crippen molar-refractivity contribution in [2.24, 2.45) is 11.8 Å². The van der Waals surface area contributed by atoms with E-state index in [1.807, 2.05) is 41.3 Å². The zero-order chi connectivity index (χ0) is 25.6. The molecule has 0 spiro atoms. The monoisotopic (exact) mass is 497 g/mol. The number of benzene rings is 3. The molecule has 3 aromatic carbocycles. The first-order valence-electron chi connectivity index (χ1n) is 13.1. The fourth-order valence-electron chi connectivity index (χ4n) is 5.73. The van der Waals surface area contributed by atoms with Crippen molar-refractivity contribution in [3.63, 3.8) is 0 Å². The minimum Gasteiger partial charge on any atom is -0.407 e. The number of nitrogens with zero attached hydrogens (tertiary/aromatic N) is 1. The first-order valence-corrected chi connectivity index (χ1v) is 15.0. The summed E-state index contributed by atoms with van der Waals surface area (Å²) in [5.74, 6) is 0.846. The summed E-state index contributed by atoms with van der Waals surface area (Å²) in [6.07, 6.45) is 3.98. The molecule has 3 aromatic rings. The van der Waals surface area contributed by atoms with Crippen molar-refractivity contribution in [3.05, 3.63) is 109 Å². The summed E-state index contributed by atoms with van der Waals surface area (Å²) < 4.78 is 7.13. The molecule has 0 N–H and O–H groups in total. The van der Waals surface area contributed by atoms with Crippen LogP contribution in [-0.2, 0) is 4.43 Å². The summed E-state index contributed by atoms with van der Waals surface area (Å²) in [6, 6.07) is 31.2. The predicted molar refractivity (Wildman–Crippen MR) is 152 cm³/mol. The molecular weight excluding hydrogens is 458 g/mol. The van der Waals surface area contributed by atoms with Crippen LogP contribution in [0.3, 0.4) is 0 Å². The third kappa shape index (κ3) is 5.40. The highest BCUT2D eigenvalue weighted by Gasteiger charge is 2.50. The van der Waals surface area contributed by atoms with E-state index < -0.39 is 8.32 Å². The Kier molecular flexibility index (Phi) is 8.27. The molecule has 188 valence electrons. The van der Waals surface area contributed by atoms with E-state index in [0.29, 0.717) is 12.5 Å². The number of amides is 1. The third-order valence-corrected chi connectivity index (χ3v) is 12.7. The zero-order valence-corrected chi connectivity index (χ0v) is 22.9. The first kappa shape index (κ1) is 26.1. The highest BCUT2D eigenvalue weighted by molar-refractivity contribution is 6.99. The van der Waals surface area contributed by atoms with Crippen molar-refractivity contribution < 1.29 is 9.22 Å². The Balaban J connectivity index is 1.50. The van der Waals surface area contributed by atoms with Crippen LogP contribution >= 0.6 is 0 Å². The van der Waals surface area contributed by atoms with Gasteiger partial charge in [-0.25, -0.2) is 0 Å². The van der Waals surface area contributed by atoms with Gasteiger partial charge in [-0.15, -0.1) is 6.58 Å². The van der Waals surface area contributed by atoms with Crippen molar-refractivity contribution in [1.29, 1.82) is 0 Å². The lowest BCUT2D eigenvalue weighted by atomic mass is 9.83. The molecule has 3 nitrogen and oxygen atoms in total. The molecule has 0 unspecified atom stereocenters. The van der Waals surface area contributed by atoms with E-state index >= 15 is 0 Å². The number of carbonyl (C=O) groups is 1. The van der Waals surface area contributed by atoms with E-state index in [9.17, 15) is 4.79 Å². The molecule has 4 heteroatoms. The quantitative estimate of drug-likeness (QED) is 0.286. The standard InChI is InChI=1S/C32H39NO2Si/c1-5-26-25-33(31(34)28-15-9-6-10-16-28)23-21-27(26)22-24-35-36(32(2,3)4,29-17-11-7-12-18-29)30-19-13-8-14-20-30/h5-20,26-27H,1,21-25H2,2-4H3/t26-,27-/m0/s1. The molecule has 0 aliphatic carbocycles. The topological polar surface area (TPSA) is 29.5 Å². The van der Waals surface area contributed by atoms with Crippen molar-refractivity contribution in [3.8, 4) is 0 Å². The molecule has 1 amide bonds. The van der Waals surface area contributed by atoms with Crippen LogP contribution in [0.25, 0.3) is 0 Å². The second-order valence-corrected chi connectivity index (χ2v) is 15.2. The van der Waals surface area contributed by atoms with E-state index in [1.54, 1.807) is 0 Å². The Labute approximate surface area is 217 Å². The van der Waals surface area contributed by atoms with Crippen molar-refractivity contribution in [2.75, 3.05) is 19.7 Å². The Morgan fingerprint density at radius 3 is 1.97 bits per heavy atom. The van der Waals surface area contributed by atoms with Crippen molar-refractivity contribution >= 4 is 24.6 Å². The van der Waals surface area contributed by atoms with Gasteiger partial charge in [0.2, 0.25) is 0 Å². The molecule has 1 fully saturated rings. The Morgan fingerprint density at radius 1 is 0.944 bits per heavy atom. The minimum atomic E-state index is -2.53. The SMILES string of the molecule is C=C[C@H]1CN(C(=O)c2ccccc2)CC[C@H]1CCO[Si](c1ccccc1)(c1ccccc1)C(C)(C)C. The fourth-order valence-corrected chi connectivity index (χ4v) is 10.3. The zero-order valence-electron chi connectivity index (χ0n) is 21.9. The molecule has 1 aliphatic rings. The van der Waals surface area contributed by atoms with Gasteiger partial charge in [-0.1, -0.05) is 106 Å². The van der Waals surface area contributed by atoms with Crippen LogP contribution in [0.1, 0.15) is 44.0 Å². The Bertz CT molecular complexity index is 1090. The van der Waals surface area contributed by atoms with Gasteiger partial charge in [0.1, 0.15) is 0 Å². The summed E-state index contributed by atoms with van der Waals surface area (Å²) in [7, 11) is -2.53. The van der Waals surface area contributed by atoms with Crippen LogP contribution in [0, 0.1) is 11.8 Å². The molecule has 0 bridgehead atoms. The van der Waals surface area contributed by atoms with Crippen LogP contribution in [-0.4, -0.2) is 38.8 Å². The summed E-state index contributed by atoms with van der Waals surface area (Å²) in [5, 5.41) is 2.60. The average molecular weight is 498 g/mol. The Hall–Kier alpha value is -2.95. The molecule has 4 rings (SSSR count). The number of hydrogen-bond acceptors (Lipinski definition) is 2. The van der Waals surface area contributed by atoms with Crippen molar-refractivity contribution in [1.82, 2.24) is 4.90 Å². The van der Waals surface area contributed by atoms with E-state index in [1.165, 1.54) is 10.4 Å².